The van der Waals surface area contributed by atoms with E-state index in [1.807, 2.05) is 11.8 Å². The molecule has 0 aliphatic carbocycles. The van der Waals surface area contributed by atoms with Crippen LogP contribution in [0.3, 0.4) is 0 Å². The predicted molar refractivity (Wildman–Crippen MR) is 70.5 cm³/mol. The van der Waals surface area contributed by atoms with Crippen LogP contribution in [-0.4, -0.2) is 35.9 Å². The Kier molecular flexibility index (Phi) is 6.30. The summed E-state index contributed by atoms with van der Waals surface area (Å²) in [5, 5.41) is 16.9. The first-order valence-corrected chi connectivity index (χ1v) is 6.35. The molecule has 0 fully saturated rings. The molecule has 0 radical (unpaired) electrons. The van der Waals surface area contributed by atoms with Crippen LogP contribution >= 0.6 is 0 Å². The minimum Gasteiger partial charge on any atom is -0.466 e. The highest BCUT2D eigenvalue weighted by Gasteiger charge is 2.14. The number of anilines is 1. The lowest BCUT2D eigenvalue weighted by atomic mass is 10.2. The fourth-order valence-corrected chi connectivity index (χ4v) is 1.70. The molecule has 19 heavy (non-hydrogen) atoms. The molecule has 0 unspecified atom stereocenters. The van der Waals surface area contributed by atoms with Crippen LogP contribution in [0.1, 0.15) is 32.3 Å². The third kappa shape index (κ3) is 4.54. The fraction of sp³-hybridized carbons (Fsp3) is 0.538. The third-order valence-electron chi connectivity index (χ3n) is 2.51. The third-order valence-corrected chi connectivity index (χ3v) is 2.51. The van der Waals surface area contributed by atoms with Crippen molar-refractivity contribution in [3.63, 3.8) is 0 Å². The van der Waals surface area contributed by atoms with E-state index in [2.05, 4.69) is 16.3 Å². The first-order chi connectivity index (χ1) is 9.22. The van der Waals surface area contributed by atoms with Crippen molar-refractivity contribution in [3.8, 4) is 6.07 Å². The topological polar surface area (TPSA) is 79.1 Å². The van der Waals surface area contributed by atoms with Crippen LogP contribution in [0.5, 0.6) is 0 Å². The normalized spacial score (nSPS) is 9.74. The number of carbonyl (C=O) groups excluding carboxylic acids is 1. The van der Waals surface area contributed by atoms with Crippen LogP contribution < -0.4 is 4.90 Å². The average Bonchev–Trinajstić information content (AvgIpc) is 2.43. The Balaban J connectivity index is 2.77. The maximum Gasteiger partial charge on any atom is 0.307 e. The van der Waals surface area contributed by atoms with E-state index in [0.29, 0.717) is 31.1 Å². The average molecular weight is 262 g/mol. The zero-order valence-corrected chi connectivity index (χ0v) is 11.3. The van der Waals surface area contributed by atoms with Gasteiger partial charge < -0.3 is 9.64 Å². The molecule has 0 aromatic carbocycles. The molecule has 0 aliphatic heterocycles. The first kappa shape index (κ1) is 14.9. The first-order valence-electron chi connectivity index (χ1n) is 6.35. The molecule has 0 saturated carbocycles. The summed E-state index contributed by atoms with van der Waals surface area (Å²) in [4.78, 5) is 13.3. The van der Waals surface area contributed by atoms with Crippen molar-refractivity contribution in [1.82, 2.24) is 10.2 Å². The molecule has 0 N–H and O–H groups in total. The van der Waals surface area contributed by atoms with Gasteiger partial charge in [0.25, 0.3) is 0 Å². The summed E-state index contributed by atoms with van der Waals surface area (Å²) in [5.41, 5.74) is 0.465. The number of esters is 1. The maximum absolute atomic E-state index is 11.4. The Labute approximate surface area is 113 Å². The van der Waals surface area contributed by atoms with Gasteiger partial charge in [0, 0.05) is 13.1 Å². The molecule has 1 aromatic heterocycles. The van der Waals surface area contributed by atoms with Gasteiger partial charge in [-0.25, -0.2) is 0 Å². The van der Waals surface area contributed by atoms with E-state index in [1.165, 1.54) is 6.20 Å². The molecule has 1 rings (SSSR count). The molecule has 0 saturated heterocycles. The molecule has 1 heterocycles. The lowest BCUT2D eigenvalue weighted by molar-refractivity contribution is -0.142. The van der Waals surface area contributed by atoms with Gasteiger partial charge in [0.1, 0.15) is 6.07 Å². The molecule has 0 aliphatic rings. The molecular formula is C13H18N4O2. The number of ether oxygens (including phenoxy) is 1. The maximum atomic E-state index is 11.4. The fourth-order valence-electron chi connectivity index (χ4n) is 1.70. The van der Waals surface area contributed by atoms with Crippen LogP contribution in [0, 0.1) is 11.3 Å². The Hall–Kier alpha value is -2.16. The summed E-state index contributed by atoms with van der Waals surface area (Å²) in [6.45, 7) is 5.37. The van der Waals surface area contributed by atoms with E-state index >= 15 is 0 Å². The van der Waals surface area contributed by atoms with Gasteiger partial charge in [-0.2, -0.15) is 10.4 Å². The summed E-state index contributed by atoms with van der Waals surface area (Å²) >= 11 is 0. The highest BCUT2D eigenvalue weighted by atomic mass is 16.5. The molecule has 0 spiro atoms. The Morgan fingerprint density at radius 1 is 1.47 bits per heavy atom. The number of hydrogen-bond acceptors (Lipinski definition) is 6. The van der Waals surface area contributed by atoms with Gasteiger partial charge in [-0.05, 0) is 19.4 Å². The minimum absolute atomic E-state index is 0.244. The smallest absolute Gasteiger partial charge is 0.307 e. The van der Waals surface area contributed by atoms with Crippen LogP contribution in [0.4, 0.5) is 5.82 Å². The summed E-state index contributed by atoms with van der Waals surface area (Å²) in [6, 6.07) is 3.71. The summed E-state index contributed by atoms with van der Waals surface area (Å²) in [7, 11) is 0. The van der Waals surface area contributed by atoms with Gasteiger partial charge in [0.15, 0.2) is 5.82 Å². The van der Waals surface area contributed by atoms with Crippen molar-refractivity contribution < 1.29 is 9.53 Å². The zero-order chi connectivity index (χ0) is 14.1. The zero-order valence-electron chi connectivity index (χ0n) is 11.3. The lowest BCUT2D eigenvalue weighted by Gasteiger charge is -2.22. The van der Waals surface area contributed by atoms with E-state index in [4.69, 9.17) is 10.00 Å². The number of aromatic nitrogens is 2. The van der Waals surface area contributed by atoms with E-state index in [0.717, 1.165) is 6.42 Å². The monoisotopic (exact) mass is 262 g/mol. The number of nitriles is 1. The van der Waals surface area contributed by atoms with Gasteiger partial charge in [0.05, 0.1) is 24.8 Å². The highest BCUT2D eigenvalue weighted by molar-refractivity contribution is 5.70. The van der Waals surface area contributed by atoms with Crippen LogP contribution in [0.2, 0.25) is 0 Å². The predicted octanol–water partition coefficient (Wildman–Crippen LogP) is 1.52. The van der Waals surface area contributed by atoms with E-state index < -0.39 is 0 Å². The number of nitrogens with zero attached hydrogens (tertiary/aromatic N) is 4. The summed E-state index contributed by atoms with van der Waals surface area (Å²) in [5.74, 6) is 0.280. The highest BCUT2D eigenvalue weighted by Crippen LogP contribution is 2.15. The molecule has 6 heteroatoms. The lowest BCUT2D eigenvalue weighted by Crippen LogP contribution is -2.29. The SMILES string of the molecule is CCCN(CCC(=O)OCC)c1nnccc1C#N. The van der Waals surface area contributed by atoms with Gasteiger partial charge in [-0.1, -0.05) is 6.92 Å². The molecule has 0 atom stereocenters. The van der Waals surface area contributed by atoms with Gasteiger partial charge in [0.2, 0.25) is 0 Å². The van der Waals surface area contributed by atoms with Crippen LogP contribution in [0.25, 0.3) is 0 Å². The molecule has 102 valence electrons. The van der Waals surface area contributed by atoms with Crippen molar-refractivity contribution in [3.05, 3.63) is 17.8 Å². The molecule has 6 nitrogen and oxygen atoms in total. The van der Waals surface area contributed by atoms with Crippen molar-refractivity contribution in [2.75, 3.05) is 24.6 Å². The molecular weight excluding hydrogens is 244 g/mol. The molecule has 0 bridgehead atoms. The van der Waals surface area contributed by atoms with Crippen LogP contribution in [-0.2, 0) is 9.53 Å². The van der Waals surface area contributed by atoms with Crippen LogP contribution in [0.15, 0.2) is 12.3 Å². The molecule has 0 amide bonds. The van der Waals surface area contributed by atoms with E-state index in [-0.39, 0.29) is 12.4 Å². The minimum atomic E-state index is -0.244. The summed E-state index contributed by atoms with van der Waals surface area (Å²) in [6.07, 6.45) is 2.65. The second-order valence-corrected chi connectivity index (χ2v) is 3.92. The van der Waals surface area contributed by atoms with Crippen molar-refractivity contribution in [1.29, 1.82) is 5.26 Å². The quantitative estimate of drug-likeness (QED) is 0.693. The van der Waals surface area contributed by atoms with Gasteiger partial charge in [-0.15, -0.1) is 5.10 Å². The van der Waals surface area contributed by atoms with Gasteiger partial charge in [-0.3, -0.25) is 4.79 Å². The number of rotatable bonds is 7. The second kappa shape index (κ2) is 8.03. The largest absolute Gasteiger partial charge is 0.466 e. The Morgan fingerprint density at radius 3 is 2.89 bits per heavy atom. The standard InChI is InChI=1S/C13H18N4O2/c1-3-8-17(9-6-12(18)19-4-2)13-11(10-14)5-7-15-16-13/h5,7H,3-4,6,8-9H2,1-2H3. The Bertz CT molecular complexity index is 456. The summed E-state index contributed by atoms with van der Waals surface area (Å²) < 4.78 is 4.90. The number of carbonyl (C=O) groups is 1. The van der Waals surface area contributed by atoms with E-state index in [9.17, 15) is 4.79 Å². The van der Waals surface area contributed by atoms with Gasteiger partial charge >= 0.3 is 5.97 Å². The van der Waals surface area contributed by atoms with E-state index in [1.54, 1.807) is 13.0 Å². The molecule has 1 aromatic rings. The van der Waals surface area contributed by atoms with Crippen molar-refractivity contribution >= 4 is 11.8 Å². The van der Waals surface area contributed by atoms with Crippen molar-refractivity contribution in [2.24, 2.45) is 0 Å². The Morgan fingerprint density at radius 2 is 2.26 bits per heavy atom. The second-order valence-electron chi connectivity index (χ2n) is 3.92. The number of hydrogen-bond donors (Lipinski definition) is 0. The van der Waals surface area contributed by atoms with Crippen molar-refractivity contribution in [2.45, 2.75) is 26.7 Å².